The number of Topliss-reactive ketones (excluding diaryl/α,β-unsaturated/α-hetero) is 1. The molecule has 41 heavy (non-hydrogen) atoms. The molecular weight excluding hydrogens is 522 g/mol. The zero-order valence-electron chi connectivity index (χ0n) is 23.9. The lowest BCUT2D eigenvalue weighted by atomic mass is 9.46. The van der Waals surface area contributed by atoms with Crippen LogP contribution in [0.4, 0.5) is 0 Å². The van der Waals surface area contributed by atoms with Crippen LogP contribution in [0.2, 0.25) is 0 Å². The molecule has 3 fully saturated rings. The number of carbonyl (C=O) groups excluding carboxylic acids is 4. The van der Waals surface area contributed by atoms with E-state index < -0.39 is 40.9 Å². The summed E-state index contributed by atoms with van der Waals surface area (Å²) in [6, 6.07) is 9.76. The van der Waals surface area contributed by atoms with Crippen molar-refractivity contribution in [3.8, 4) is 0 Å². The van der Waals surface area contributed by atoms with Gasteiger partial charge in [-0.2, -0.15) is 0 Å². The number of fused-ring (bicyclic) bond motifs is 5. The van der Waals surface area contributed by atoms with Crippen LogP contribution < -0.4 is 5.32 Å². The summed E-state index contributed by atoms with van der Waals surface area (Å²) in [4.78, 5) is 49.9. The monoisotopic (exact) mass is 563 g/mol. The van der Waals surface area contributed by atoms with Gasteiger partial charge < -0.3 is 20.3 Å². The summed E-state index contributed by atoms with van der Waals surface area (Å²) in [5.41, 5.74) is -0.842. The molecular formula is C33H41NO7. The van der Waals surface area contributed by atoms with Gasteiger partial charge in [0.1, 0.15) is 5.60 Å². The second kappa shape index (κ2) is 11.3. The van der Waals surface area contributed by atoms with E-state index in [1.165, 1.54) is 0 Å². The molecule has 0 spiro atoms. The predicted octanol–water partition coefficient (Wildman–Crippen LogP) is 3.25. The number of esters is 1. The molecule has 7 atom stereocenters. The lowest BCUT2D eigenvalue weighted by Gasteiger charge is -2.59. The Morgan fingerprint density at radius 2 is 1.85 bits per heavy atom. The smallest absolute Gasteiger partial charge is 0.306 e. The Kier molecular flexibility index (Phi) is 8.09. The Morgan fingerprint density at radius 1 is 1.10 bits per heavy atom. The maximum atomic E-state index is 13.4. The number of amides is 1. The van der Waals surface area contributed by atoms with Crippen LogP contribution in [-0.2, 0) is 30.3 Å². The maximum Gasteiger partial charge on any atom is 0.306 e. The fourth-order valence-electron chi connectivity index (χ4n) is 8.42. The van der Waals surface area contributed by atoms with Crippen molar-refractivity contribution in [1.29, 1.82) is 0 Å². The van der Waals surface area contributed by atoms with Crippen molar-refractivity contribution in [3.63, 3.8) is 0 Å². The molecule has 0 bridgehead atoms. The fraction of sp³-hybridized carbons (Fsp3) is 0.576. The number of benzene rings is 1. The van der Waals surface area contributed by atoms with E-state index in [0.29, 0.717) is 19.4 Å². The third kappa shape index (κ3) is 5.32. The normalized spacial score (nSPS) is 35.5. The number of ketones is 2. The summed E-state index contributed by atoms with van der Waals surface area (Å²) in [6.07, 6.45) is 7.63. The average Bonchev–Trinajstić information content (AvgIpc) is 3.22. The molecule has 1 aromatic rings. The van der Waals surface area contributed by atoms with Gasteiger partial charge in [0.2, 0.25) is 11.7 Å². The number of hydrogen-bond acceptors (Lipinski definition) is 7. The molecule has 0 unspecified atom stereocenters. The summed E-state index contributed by atoms with van der Waals surface area (Å²) in [5.74, 6) is -1.50. The number of rotatable bonds is 9. The van der Waals surface area contributed by atoms with Crippen molar-refractivity contribution in [2.45, 2.75) is 76.9 Å². The van der Waals surface area contributed by atoms with E-state index in [1.807, 2.05) is 43.3 Å². The molecule has 4 aliphatic rings. The van der Waals surface area contributed by atoms with E-state index in [0.717, 1.165) is 24.0 Å². The Hall–Kier alpha value is -3.10. The first-order valence-electron chi connectivity index (χ1n) is 14.8. The number of nitrogens with one attached hydrogen (secondary N) is 1. The van der Waals surface area contributed by atoms with Crippen LogP contribution in [0, 0.1) is 28.6 Å². The molecule has 3 N–H and O–H groups in total. The molecule has 5 rings (SSSR count). The first-order valence-corrected chi connectivity index (χ1v) is 14.8. The fourth-order valence-corrected chi connectivity index (χ4v) is 8.42. The maximum absolute atomic E-state index is 13.4. The number of aliphatic hydroxyl groups is 2. The largest absolute Gasteiger partial charge is 0.458 e. The number of allylic oxidation sites excluding steroid dienone is 4. The highest BCUT2D eigenvalue weighted by molar-refractivity contribution is 6.01. The minimum atomic E-state index is -1.71. The van der Waals surface area contributed by atoms with E-state index in [2.05, 4.69) is 12.2 Å². The lowest BCUT2D eigenvalue weighted by molar-refractivity contribution is -0.181. The van der Waals surface area contributed by atoms with E-state index in [9.17, 15) is 29.4 Å². The van der Waals surface area contributed by atoms with Gasteiger partial charge in [-0.15, -0.1) is 0 Å². The van der Waals surface area contributed by atoms with Crippen LogP contribution in [0.25, 0.3) is 0 Å². The Balaban J connectivity index is 1.15. The molecule has 1 aromatic carbocycles. The quantitative estimate of drug-likeness (QED) is 0.393. The summed E-state index contributed by atoms with van der Waals surface area (Å²) in [6.45, 7) is 3.87. The van der Waals surface area contributed by atoms with E-state index in [4.69, 9.17) is 4.74 Å². The van der Waals surface area contributed by atoms with Crippen LogP contribution >= 0.6 is 0 Å². The zero-order chi connectivity index (χ0) is 29.4. The minimum Gasteiger partial charge on any atom is -0.458 e. The van der Waals surface area contributed by atoms with Gasteiger partial charge in [-0.3, -0.25) is 19.2 Å². The molecule has 0 radical (unpaired) electrons. The third-order valence-electron chi connectivity index (χ3n) is 10.6. The molecule has 3 saturated carbocycles. The minimum absolute atomic E-state index is 0.0181. The van der Waals surface area contributed by atoms with Gasteiger partial charge in [-0.1, -0.05) is 55.8 Å². The first-order chi connectivity index (χ1) is 19.5. The van der Waals surface area contributed by atoms with E-state index in [-0.39, 0.29) is 55.1 Å². The number of hydrogen-bond donors (Lipinski definition) is 3. The summed E-state index contributed by atoms with van der Waals surface area (Å²) < 4.78 is 5.22. The van der Waals surface area contributed by atoms with Crippen LogP contribution in [0.5, 0.6) is 0 Å². The lowest BCUT2D eigenvalue weighted by Crippen LogP contribution is -2.61. The number of ether oxygens (including phenoxy) is 1. The van der Waals surface area contributed by atoms with Gasteiger partial charge in [-0.25, -0.2) is 0 Å². The molecule has 0 saturated heterocycles. The highest BCUT2D eigenvalue weighted by Gasteiger charge is 2.68. The van der Waals surface area contributed by atoms with Crippen LogP contribution in [0.15, 0.2) is 54.1 Å². The van der Waals surface area contributed by atoms with Gasteiger partial charge in [-0.05, 0) is 68.1 Å². The highest BCUT2D eigenvalue weighted by Crippen LogP contribution is 2.67. The summed E-state index contributed by atoms with van der Waals surface area (Å²) in [5, 5.41) is 26.1. The van der Waals surface area contributed by atoms with Crippen molar-refractivity contribution in [1.82, 2.24) is 5.32 Å². The second-order valence-corrected chi connectivity index (χ2v) is 12.8. The van der Waals surface area contributed by atoms with Crippen LogP contribution in [-0.4, -0.2) is 58.5 Å². The Bertz CT molecular complexity index is 1270. The molecule has 220 valence electrons. The van der Waals surface area contributed by atoms with Crippen molar-refractivity contribution >= 4 is 23.4 Å². The molecule has 4 aliphatic carbocycles. The third-order valence-corrected chi connectivity index (χ3v) is 10.6. The first kappa shape index (κ1) is 29.4. The molecule has 0 aliphatic heterocycles. The second-order valence-electron chi connectivity index (χ2n) is 12.8. The summed E-state index contributed by atoms with van der Waals surface area (Å²) >= 11 is 0. The topological polar surface area (TPSA) is 130 Å². The Labute approximate surface area is 241 Å². The van der Waals surface area contributed by atoms with Gasteiger partial charge in [0.25, 0.3) is 0 Å². The zero-order valence-corrected chi connectivity index (χ0v) is 23.9. The van der Waals surface area contributed by atoms with E-state index in [1.54, 1.807) is 12.2 Å². The standard InChI is InChI=1S/C33H41NO7/c1-31-15-12-23(35)18-22(31)8-9-24-25-13-16-33(40,32(25,2)19-26(36)30(24)31)27(37)20-41-29(39)11-10-28(38)34-17-14-21-6-4-3-5-7-21/h3-7,12,15,18,24-26,30,36,40H,8-11,13-14,16-17,19-20H2,1-2H3,(H,34,38)/t24-,25+,26-,30+,31+,32+,33+/m1/s1. The predicted molar refractivity (Wildman–Crippen MR) is 151 cm³/mol. The highest BCUT2D eigenvalue weighted by atomic mass is 16.5. The van der Waals surface area contributed by atoms with Crippen molar-refractivity contribution in [2.75, 3.05) is 13.2 Å². The van der Waals surface area contributed by atoms with Crippen molar-refractivity contribution in [2.24, 2.45) is 28.6 Å². The SMILES string of the molecule is C[C@]12C=CC(=O)C=C1CC[C@H]1[C@H]2[C@H](O)C[C@@]2(C)[C@H]1CC[C@]2(O)C(=O)COC(=O)CCC(=O)NCCc1ccccc1. The van der Waals surface area contributed by atoms with Crippen molar-refractivity contribution in [3.05, 3.63) is 59.7 Å². The molecule has 8 nitrogen and oxygen atoms in total. The molecule has 0 heterocycles. The van der Waals surface area contributed by atoms with Gasteiger partial charge >= 0.3 is 5.97 Å². The average molecular weight is 564 g/mol. The number of aliphatic hydroxyl groups excluding tert-OH is 1. The summed E-state index contributed by atoms with van der Waals surface area (Å²) in [7, 11) is 0. The molecule has 0 aromatic heterocycles. The van der Waals surface area contributed by atoms with Crippen LogP contribution in [0.1, 0.15) is 64.4 Å². The van der Waals surface area contributed by atoms with Gasteiger partial charge in [0.15, 0.2) is 12.4 Å². The molecule has 8 heteroatoms. The van der Waals surface area contributed by atoms with E-state index >= 15 is 0 Å². The number of carbonyl (C=O) groups is 4. The van der Waals surface area contributed by atoms with Crippen LogP contribution in [0.3, 0.4) is 0 Å². The Morgan fingerprint density at radius 3 is 2.61 bits per heavy atom. The van der Waals surface area contributed by atoms with Crippen molar-refractivity contribution < 1.29 is 34.1 Å². The van der Waals surface area contributed by atoms with Gasteiger partial charge in [0, 0.05) is 29.7 Å². The van der Waals surface area contributed by atoms with Gasteiger partial charge in [0.05, 0.1) is 12.5 Å². The molecule has 1 amide bonds.